The quantitative estimate of drug-likeness (QED) is 0.156. The molecule has 0 radical (unpaired) electrons. The Morgan fingerprint density at radius 3 is 2.50 bits per heavy atom. The molecule has 0 aliphatic rings. The number of halogens is 3. The number of amides is 1. The summed E-state index contributed by atoms with van der Waals surface area (Å²) in [6.45, 7) is 3.88. The van der Waals surface area contributed by atoms with E-state index in [-0.39, 0.29) is 12.5 Å². The van der Waals surface area contributed by atoms with E-state index in [1.807, 2.05) is 30.3 Å². The Kier molecular flexibility index (Phi) is 10.8. The fourth-order valence-electron chi connectivity index (χ4n) is 3.82. The van der Waals surface area contributed by atoms with Crippen molar-refractivity contribution in [3.63, 3.8) is 0 Å². The van der Waals surface area contributed by atoms with Gasteiger partial charge in [0.1, 0.15) is 11.8 Å². The van der Waals surface area contributed by atoms with Crippen LogP contribution in [-0.4, -0.2) is 41.9 Å². The van der Waals surface area contributed by atoms with E-state index in [0.29, 0.717) is 18.5 Å². The molecule has 1 amide bonds. The van der Waals surface area contributed by atoms with Crippen molar-refractivity contribution in [2.24, 2.45) is 0 Å². The number of carbonyl (C=O) groups excluding carboxylic acids is 2. The molecule has 204 valence electrons. The molecule has 0 bridgehead atoms. The molecule has 3 rings (SSSR count). The van der Waals surface area contributed by atoms with Gasteiger partial charge < -0.3 is 14.8 Å². The second-order valence-corrected chi connectivity index (χ2v) is 9.79. The number of carbonyl (C=O) groups is 2. The van der Waals surface area contributed by atoms with Gasteiger partial charge in [-0.1, -0.05) is 18.2 Å². The van der Waals surface area contributed by atoms with Crippen LogP contribution < -0.4 is 10.1 Å². The van der Waals surface area contributed by atoms with Crippen LogP contribution in [0.15, 0.2) is 59.6 Å². The third-order valence-electron chi connectivity index (χ3n) is 5.66. The Bertz CT molecular complexity index is 1220. The highest BCUT2D eigenvalue weighted by Crippen LogP contribution is 2.34. The lowest BCUT2D eigenvalue weighted by atomic mass is 10.1. The van der Waals surface area contributed by atoms with E-state index in [4.69, 9.17) is 9.47 Å². The number of aromatic nitrogens is 1. The number of nitrogens with one attached hydrogen (secondary N) is 1. The summed E-state index contributed by atoms with van der Waals surface area (Å²) in [6.07, 6.45) is 0.235. The summed E-state index contributed by atoms with van der Waals surface area (Å²) >= 11 is 1.61. The van der Waals surface area contributed by atoms with Crippen molar-refractivity contribution in [3.8, 4) is 5.75 Å². The van der Waals surface area contributed by atoms with E-state index < -0.39 is 23.8 Å². The van der Waals surface area contributed by atoms with Gasteiger partial charge in [-0.25, -0.2) is 4.79 Å². The Balaban J connectivity index is 1.39. The molecule has 1 heterocycles. The highest BCUT2D eigenvalue weighted by atomic mass is 32.2. The molecule has 6 nitrogen and oxygen atoms in total. The zero-order valence-electron chi connectivity index (χ0n) is 21.3. The molecule has 0 aliphatic carbocycles. The van der Waals surface area contributed by atoms with Crippen molar-refractivity contribution in [1.29, 1.82) is 0 Å². The van der Waals surface area contributed by atoms with Gasteiger partial charge in [0.15, 0.2) is 0 Å². The van der Waals surface area contributed by atoms with E-state index in [0.717, 1.165) is 58.7 Å². The molecule has 0 unspecified atom stereocenters. The third kappa shape index (κ3) is 8.93. The molecule has 1 N–H and O–H groups in total. The maximum Gasteiger partial charge on any atom is 0.416 e. The van der Waals surface area contributed by atoms with Crippen LogP contribution in [0.3, 0.4) is 0 Å². The number of rotatable bonds is 13. The Morgan fingerprint density at radius 1 is 1.05 bits per heavy atom. The second-order valence-electron chi connectivity index (χ2n) is 8.65. The number of ether oxygens (including phenoxy) is 2. The fourth-order valence-corrected chi connectivity index (χ4v) is 4.87. The van der Waals surface area contributed by atoms with Gasteiger partial charge in [0.25, 0.3) is 0 Å². The van der Waals surface area contributed by atoms with Crippen molar-refractivity contribution < 1.29 is 32.2 Å². The minimum absolute atomic E-state index is 0.243. The number of thioether (sulfide) groups is 1. The standard InChI is InChI=1S/C28H31F3N2O4S/c1-3-36-27(35)25(33-19(2)34)17-20-7-10-22(11-8-20)37-15-5-4-6-16-38-26-13-14-32-24-18-21(28(29,30)31)9-12-23(24)26/h7-14,18,25H,3-6,15-17H2,1-2H3,(H,33,34)/t25-/m0/s1. The molecular formula is C28H31F3N2O4S. The maximum absolute atomic E-state index is 13.0. The topological polar surface area (TPSA) is 77.5 Å². The van der Waals surface area contributed by atoms with Crippen LogP contribution in [-0.2, 0) is 26.9 Å². The van der Waals surface area contributed by atoms with Gasteiger partial charge in [-0.2, -0.15) is 13.2 Å². The first-order valence-corrected chi connectivity index (χ1v) is 13.4. The number of pyridine rings is 1. The van der Waals surface area contributed by atoms with E-state index in [2.05, 4.69) is 10.3 Å². The van der Waals surface area contributed by atoms with Crippen LogP contribution in [0.4, 0.5) is 13.2 Å². The number of hydrogen-bond donors (Lipinski definition) is 1. The molecule has 3 aromatic rings. The zero-order valence-corrected chi connectivity index (χ0v) is 22.2. The lowest BCUT2D eigenvalue weighted by Gasteiger charge is -2.16. The van der Waals surface area contributed by atoms with Crippen LogP contribution in [0.1, 0.15) is 44.2 Å². The van der Waals surface area contributed by atoms with E-state index in [1.54, 1.807) is 24.9 Å². The number of unbranched alkanes of at least 4 members (excludes halogenated alkanes) is 2. The molecule has 0 spiro atoms. The normalized spacial score (nSPS) is 12.2. The minimum Gasteiger partial charge on any atom is -0.494 e. The zero-order chi connectivity index (χ0) is 27.5. The Morgan fingerprint density at radius 2 is 1.82 bits per heavy atom. The SMILES string of the molecule is CCOC(=O)[C@H](Cc1ccc(OCCCCCSc2ccnc3cc(C(F)(F)F)ccc23)cc1)NC(C)=O. The molecule has 38 heavy (non-hydrogen) atoms. The Labute approximate surface area is 224 Å². The van der Waals surface area contributed by atoms with Gasteiger partial charge in [-0.15, -0.1) is 11.8 Å². The lowest BCUT2D eigenvalue weighted by molar-refractivity contribution is -0.147. The lowest BCUT2D eigenvalue weighted by Crippen LogP contribution is -2.42. The summed E-state index contributed by atoms with van der Waals surface area (Å²) in [4.78, 5) is 28.5. The van der Waals surface area contributed by atoms with Crippen LogP contribution in [0, 0.1) is 0 Å². The van der Waals surface area contributed by atoms with Crippen LogP contribution in [0.5, 0.6) is 5.75 Å². The first-order chi connectivity index (χ1) is 18.2. The molecule has 2 aromatic carbocycles. The number of benzene rings is 2. The molecule has 10 heteroatoms. The van der Waals surface area contributed by atoms with E-state index in [9.17, 15) is 22.8 Å². The van der Waals surface area contributed by atoms with Crippen molar-refractivity contribution in [2.45, 2.75) is 56.6 Å². The molecule has 0 saturated carbocycles. The third-order valence-corrected chi connectivity index (χ3v) is 6.82. The van der Waals surface area contributed by atoms with Gasteiger partial charge in [-0.05, 0) is 67.8 Å². The first kappa shape index (κ1) is 29.3. The largest absolute Gasteiger partial charge is 0.494 e. The summed E-state index contributed by atoms with van der Waals surface area (Å²) < 4.78 is 49.7. The van der Waals surface area contributed by atoms with Gasteiger partial charge >= 0.3 is 12.1 Å². The highest BCUT2D eigenvalue weighted by Gasteiger charge is 2.30. The fraction of sp³-hybridized carbons (Fsp3) is 0.393. The number of nitrogens with zero attached hydrogens (tertiary/aromatic N) is 1. The monoisotopic (exact) mass is 548 g/mol. The van der Waals surface area contributed by atoms with E-state index in [1.165, 1.54) is 13.0 Å². The smallest absolute Gasteiger partial charge is 0.416 e. The molecule has 0 fully saturated rings. The summed E-state index contributed by atoms with van der Waals surface area (Å²) in [5.74, 6) is 0.797. The Hall–Kier alpha value is -3.27. The summed E-state index contributed by atoms with van der Waals surface area (Å²) in [7, 11) is 0. The highest BCUT2D eigenvalue weighted by molar-refractivity contribution is 7.99. The van der Waals surface area contributed by atoms with Crippen molar-refractivity contribution in [3.05, 3.63) is 65.9 Å². The maximum atomic E-state index is 13.0. The van der Waals surface area contributed by atoms with Gasteiger partial charge in [0, 0.05) is 29.8 Å². The summed E-state index contributed by atoms with van der Waals surface area (Å²) in [5.41, 5.74) is 0.523. The first-order valence-electron chi connectivity index (χ1n) is 12.4. The van der Waals surface area contributed by atoms with E-state index >= 15 is 0 Å². The van der Waals surface area contributed by atoms with Crippen molar-refractivity contribution >= 4 is 34.5 Å². The van der Waals surface area contributed by atoms with Crippen molar-refractivity contribution in [2.75, 3.05) is 19.0 Å². The van der Waals surface area contributed by atoms with Gasteiger partial charge in [-0.3, -0.25) is 9.78 Å². The number of alkyl halides is 3. The van der Waals surface area contributed by atoms with Crippen molar-refractivity contribution in [1.82, 2.24) is 10.3 Å². The summed E-state index contributed by atoms with van der Waals surface area (Å²) in [6, 6.07) is 12.2. The summed E-state index contributed by atoms with van der Waals surface area (Å²) in [5, 5.41) is 3.35. The van der Waals surface area contributed by atoms with Crippen LogP contribution >= 0.6 is 11.8 Å². The molecular weight excluding hydrogens is 517 g/mol. The number of fused-ring (bicyclic) bond motifs is 1. The van der Waals surface area contributed by atoms with Crippen LogP contribution in [0.25, 0.3) is 10.9 Å². The predicted molar refractivity (Wildman–Crippen MR) is 141 cm³/mol. The molecule has 1 atom stereocenters. The molecule has 1 aromatic heterocycles. The van der Waals surface area contributed by atoms with Gasteiger partial charge in [0.2, 0.25) is 5.91 Å². The molecule has 0 saturated heterocycles. The van der Waals surface area contributed by atoms with Gasteiger partial charge in [0.05, 0.1) is 24.3 Å². The number of esters is 1. The predicted octanol–water partition coefficient (Wildman–Crippen LogP) is 6.21. The second kappa shape index (κ2) is 14.0. The van der Waals surface area contributed by atoms with Crippen LogP contribution in [0.2, 0.25) is 0 Å². The minimum atomic E-state index is -4.38. The number of hydrogen-bond acceptors (Lipinski definition) is 6. The average molecular weight is 549 g/mol. The molecule has 0 aliphatic heterocycles. The average Bonchev–Trinajstić information content (AvgIpc) is 2.87.